The zero-order chi connectivity index (χ0) is 11.6. The maximum atomic E-state index is 6.16. The summed E-state index contributed by atoms with van der Waals surface area (Å²) in [6.07, 6.45) is 13.7. The summed E-state index contributed by atoms with van der Waals surface area (Å²) in [7, 11) is 0. The van der Waals surface area contributed by atoms with Crippen LogP contribution < -0.4 is 5.32 Å². The molecule has 1 aliphatic heterocycles. The van der Waals surface area contributed by atoms with Crippen LogP contribution in [0.25, 0.3) is 0 Å². The van der Waals surface area contributed by atoms with E-state index in [1.54, 1.807) is 0 Å². The lowest BCUT2D eigenvalue weighted by Crippen LogP contribution is -2.42. The van der Waals surface area contributed by atoms with Gasteiger partial charge in [-0.05, 0) is 57.4 Å². The second kappa shape index (κ2) is 5.27. The average molecular weight is 237 g/mol. The highest BCUT2D eigenvalue weighted by Gasteiger charge is 2.38. The van der Waals surface area contributed by atoms with Gasteiger partial charge in [0.1, 0.15) is 0 Å². The van der Waals surface area contributed by atoms with E-state index in [0.29, 0.717) is 5.60 Å². The van der Waals surface area contributed by atoms with Crippen LogP contribution in [0.4, 0.5) is 0 Å². The maximum Gasteiger partial charge on any atom is 0.0685 e. The molecular weight excluding hydrogens is 210 g/mol. The first-order valence-electron chi connectivity index (χ1n) is 7.74. The third kappa shape index (κ3) is 3.23. The first-order valence-corrected chi connectivity index (χ1v) is 7.74. The van der Waals surface area contributed by atoms with Crippen molar-refractivity contribution < 1.29 is 4.74 Å². The molecule has 0 aromatic carbocycles. The lowest BCUT2D eigenvalue weighted by Gasteiger charge is -2.43. The van der Waals surface area contributed by atoms with Crippen molar-refractivity contribution in [1.82, 2.24) is 5.32 Å². The molecule has 1 heterocycles. The van der Waals surface area contributed by atoms with Crippen LogP contribution >= 0.6 is 0 Å². The van der Waals surface area contributed by atoms with E-state index in [9.17, 15) is 0 Å². The third-order valence-corrected chi connectivity index (χ3v) is 4.92. The minimum Gasteiger partial charge on any atom is -0.375 e. The largest absolute Gasteiger partial charge is 0.375 e. The summed E-state index contributed by atoms with van der Waals surface area (Å²) in [5.41, 5.74) is 0.306. The SMILES string of the molecule is C1CCC2(CC1)CC(CCNC1CC1)CCO2. The standard InChI is InChI=1S/C15H27NO/c1-2-8-15(9-3-1)12-13(7-11-17-15)6-10-16-14-4-5-14/h13-14,16H,1-12H2. The van der Waals surface area contributed by atoms with E-state index in [2.05, 4.69) is 5.32 Å². The van der Waals surface area contributed by atoms with Gasteiger partial charge in [-0.3, -0.25) is 0 Å². The Morgan fingerprint density at radius 3 is 2.65 bits per heavy atom. The molecule has 2 nitrogen and oxygen atoms in total. The van der Waals surface area contributed by atoms with Gasteiger partial charge < -0.3 is 10.1 Å². The fraction of sp³-hybridized carbons (Fsp3) is 1.00. The summed E-state index contributed by atoms with van der Waals surface area (Å²) >= 11 is 0. The van der Waals surface area contributed by atoms with E-state index in [0.717, 1.165) is 18.6 Å². The van der Waals surface area contributed by atoms with Crippen LogP contribution in [0.1, 0.15) is 64.2 Å². The Kier molecular flexibility index (Phi) is 3.72. The Bertz CT molecular complexity index is 238. The van der Waals surface area contributed by atoms with Gasteiger partial charge in [-0.1, -0.05) is 19.3 Å². The molecule has 17 heavy (non-hydrogen) atoms. The highest BCUT2D eigenvalue weighted by Crippen LogP contribution is 2.41. The van der Waals surface area contributed by atoms with E-state index in [1.165, 1.54) is 70.8 Å². The highest BCUT2D eigenvalue weighted by atomic mass is 16.5. The molecule has 3 aliphatic rings. The van der Waals surface area contributed by atoms with Crippen molar-refractivity contribution in [3.8, 4) is 0 Å². The number of hydrogen-bond donors (Lipinski definition) is 1. The van der Waals surface area contributed by atoms with Crippen molar-refractivity contribution in [2.45, 2.75) is 75.9 Å². The lowest BCUT2D eigenvalue weighted by atomic mass is 9.75. The Balaban J connectivity index is 1.44. The number of nitrogens with one attached hydrogen (secondary N) is 1. The lowest BCUT2D eigenvalue weighted by molar-refractivity contribution is -0.118. The van der Waals surface area contributed by atoms with Gasteiger partial charge in [-0.25, -0.2) is 0 Å². The van der Waals surface area contributed by atoms with E-state index < -0.39 is 0 Å². The summed E-state index contributed by atoms with van der Waals surface area (Å²) < 4.78 is 6.16. The topological polar surface area (TPSA) is 21.3 Å². The van der Waals surface area contributed by atoms with Gasteiger partial charge in [0, 0.05) is 12.6 Å². The molecule has 2 aliphatic carbocycles. The Hall–Kier alpha value is -0.0800. The molecule has 98 valence electrons. The van der Waals surface area contributed by atoms with Crippen molar-refractivity contribution >= 4 is 0 Å². The minimum atomic E-state index is 0.306. The third-order valence-electron chi connectivity index (χ3n) is 4.92. The monoisotopic (exact) mass is 237 g/mol. The first-order chi connectivity index (χ1) is 8.36. The van der Waals surface area contributed by atoms with Crippen molar-refractivity contribution in [3.63, 3.8) is 0 Å². The zero-order valence-electron chi connectivity index (χ0n) is 11.0. The average Bonchev–Trinajstić information content (AvgIpc) is 3.14. The molecule has 0 bridgehead atoms. The normalized spacial score (nSPS) is 32.8. The van der Waals surface area contributed by atoms with E-state index in [1.807, 2.05) is 0 Å². The van der Waals surface area contributed by atoms with Crippen molar-refractivity contribution in [2.75, 3.05) is 13.2 Å². The minimum absolute atomic E-state index is 0.306. The van der Waals surface area contributed by atoms with Gasteiger partial charge in [0.05, 0.1) is 5.60 Å². The fourth-order valence-electron chi connectivity index (χ4n) is 3.70. The molecule has 1 saturated heterocycles. The molecule has 0 aromatic rings. The molecule has 0 aromatic heterocycles. The molecule has 3 rings (SSSR count). The van der Waals surface area contributed by atoms with Crippen LogP contribution in [0.15, 0.2) is 0 Å². The summed E-state index contributed by atoms with van der Waals surface area (Å²) in [6.45, 7) is 2.26. The van der Waals surface area contributed by atoms with Crippen LogP contribution in [0.5, 0.6) is 0 Å². The fourth-order valence-corrected chi connectivity index (χ4v) is 3.70. The van der Waals surface area contributed by atoms with Crippen LogP contribution in [-0.4, -0.2) is 24.8 Å². The second-order valence-corrected chi connectivity index (χ2v) is 6.47. The Morgan fingerprint density at radius 1 is 1.06 bits per heavy atom. The van der Waals surface area contributed by atoms with Crippen LogP contribution in [0.3, 0.4) is 0 Å². The van der Waals surface area contributed by atoms with Crippen molar-refractivity contribution in [1.29, 1.82) is 0 Å². The first kappa shape index (κ1) is 12.0. The van der Waals surface area contributed by atoms with Crippen molar-refractivity contribution in [2.24, 2.45) is 5.92 Å². The van der Waals surface area contributed by atoms with E-state index in [-0.39, 0.29) is 0 Å². The van der Waals surface area contributed by atoms with E-state index in [4.69, 9.17) is 4.74 Å². The number of hydrogen-bond acceptors (Lipinski definition) is 2. The molecule has 1 spiro atoms. The van der Waals surface area contributed by atoms with Crippen LogP contribution in [0.2, 0.25) is 0 Å². The molecule has 1 unspecified atom stereocenters. The molecule has 2 heteroatoms. The number of rotatable bonds is 4. The molecule has 1 atom stereocenters. The molecular formula is C15H27NO. The summed E-state index contributed by atoms with van der Waals surface area (Å²) in [6, 6.07) is 0.874. The smallest absolute Gasteiger partial charge is 0.0685 e. The van der Waals surface area contributed by atoms with Crippen LogP contribution in [-0.2, 0) is 4.74 Å². The van der Waals surface area contributed by atoms with Gasteiger partial charge in [-0.2, -0.15) is 0 Å². The predicted molar refractivity (Wildman–Crippen MR) is 70.1 cm³/mol. The van der Waals surface area contributed by atoms with Gasteiger partial charge in [0.25, 0.3) is 0 Å². The van der Waals surface area contributed by atoms with Gasteiger partial charge in [0.2, 0.25) is 0 Å². The predicted octanol–water partition coefficient (Wildman–Crippen LogP) is 3.26. The summed E-state index contributed by atoms with van der Waals surface area (Å²) in [5, 5.41) is 3.65. The molecule has 1 N–H and O–H groups in total. The zero-order valence-corrected chi connectivity index (χ0v) is 11.0. The summed E-state index contributed by atoms with van der Waals surface area (Å²) in [4.78, 5) is 0. The maximum absolute atomic E-state index is 6.16. The summed E-state index contributed by atoms with van der Waals surface area (Å²) in [5.74, 6) is 0.924. The molecule has 2 saturated carbocycles. The van der Waals surface area contributed by atoms with Gasteiger partial charge in [0.15, 0.2) is 0 Å². The molecule has 0 amide bonds. The quantitative estimate of drug-likeness (QED) is 0.810. The molecule has 0 radical (unpaired) electrons. The second-order valence-electron chi connectivity index (χ2n) is 6.47. The van der Waals surface area contributed by atoms with Crippen LogP contribution in [0, 0.1) is 5.92 Å². The van der Waals surface area contributed by atoms with E-state index >= 15 is 0 Å². The highest BCUT2D eigenvalue weighted by molar-refractivity contribution is 4.90. The van der Waals surface area contributed by atoms with Crippen molar-refractivity contribution in [3.05, 3.63) is 0 Å². The van der Waals surface area contributed by atoms with Gasteiger partial charge >= 0.3 is 0 Å². The van der Waals surface area contributed by atoms with Gasteiger partial charge in [-0.15, -0.1) is 0 Å². The number of ether oxygens (including phenoxy) is 1. The Morgan fingerprint density at radius 2 is 1.88 bits per heavy atom. The molecule has 3 fully saturated rings. The Labute approximate surface area is 105 Å².